The fourth-order valence-electron chi connectivity index (χ4n) is 2.26. The van der Waals surface area contributed by atoms with E-state index in [1.165, 1.54) is 11.6 Å². The second kappa shape index (κ2) is 6.22. The first-order chi connectivity index (χ1) is 10.7. The number of nitrogens with two attached hydrogens (primary N) is 1. The van der Waals surface area contributed by atoms with Crippen molar-refractivity contribution in [1.29, 1.82) is 0 Å². The Morgan fingerprint density at radius 3 is 2.64 bits per heavy atom. The van der Waals surface area contributed by atoms with E-state index in [-0.39, 0.29) is 11.9 Å². The molecule has 110 valence electrons. The van der Waals surface area contributed by atoms with Crippen LogP contribution in [0.25, 0.3) is 0 Å². The van der Waals surface area contributed by atoms with Gasteiger partial charge in [0.1, 0.15) is 6.04 Å². The third-order valence-electron chi connectivity index (χ3n) is 3.44. The molecular weight excluding hydrogens is 276 g/mol. The molecule has 5 nitrogen and oxygen atoms in total. The maximum atomic E-state index is 11.0. The van der Waals surface area contributed by atoms with Crippen LogP contribution in [0.3, 0.4) is 0 Å². The molecule has 0 spiro atoms. The van der Waals surface area contributed by atoms with E-state index in [0.29, 0.717) is 12.2 Å². The van der Waals surface area contributed by atoms with Gasteiger partial charge in [-0.3, -0.25) is 4.79 Å². The molecule has 1 aliphatic heterocycles. The Balaban J connectivity index is 1.71. The largest absolute Gasteiger partial charge is 0.397 e. The number of nitrogens with zero attached hydrogens (tertiary/aromatic N) is 2. The number of benzene rings is 2. The van der Waals surface area contributed by atoms with E-state index in [2.05, 4.69) is 27.7 Å². The Morgan fingerprint density at radius 2 is 1.95 bits per heavy atom. The maximum absolute atomic E-state index is 11.0. The average molecular weight is 292 g/mol. The number of nitrogen functional groups attached to an aromatic ring is 1. The van der Waals surface area contributed by atoms with E-state index in [4.69, 9.17) is 5.73 Å². The first-order valence-corrected chi connectivity index (χ1v) is 7.02. The smallest absolute Gasteiger partial charge is 0.287 e. The predicted octanol–water partition coefficient (Wildman–Crippen LogP) is 3.47. The summed E-state index contributed by atoms with van der Waals surface area (Å²) in [5.74, 6) is -0.328. The molecule has 1 amide bonds. The first-order valence-electron chi connectivity index (χ1n) is 7.02. The molecule has 0 radical (unpaired) electrons. The van der Waals surface area contributed by atoms with Gasteiger partial charge in [0.15, 0.2) is 0 Å². The van der Waals surface area contributed by atoms with Crippen LogP contribution in [0.1, 0.15) is 17.2 Å². The van der Waals surface area contributed by atoms with Gasteiger partial charge in [-0.05, 0) is 29.3 Å². The molecule has 0 aromatic heterocycles. The van der Waals surface area contributed by atoms with Gasteiger partial charge in [-0.1, -0.05) is 36.4 Å². The molecule has 0 aliphatic carbocycles. The van der Waals surface area contributed by atoms with Gasteiger partial charge >= 0.3 is 0 Å². The van der Waals surface area contributed by atoms with Crippen LogP contribution in [0.4, 0.5) is 11.4 Å². The molecule has 22 heavy (non-hydrogen) atoms. The quantitative estimate of drug-likeness (QED) is 0.847. The van der Waals surface area contributed by atoms with E-state index in [1.807, 2.05) is 36.4 Å². The average Bonchev–Trinajstić information content (AvgIpc) is 2.55. The second-order valence-electron chi connectivity index (χ2n) is 5.04. The molecule has 2 aromatic carbocycles. The van der Waals surface area contributed by atoms with Crippen molar-refractivity contribution in [1.82, 2.24) is 0 Å². The van der Waals surface area contributed by atoms with Crippen molar-refractivity contribution < 1.29 is 4.79 Å². The minimum atomic E-state index is -0.328. The molecule has 3 rings (SSSR count). The van der Waals surface area contributed by atoms with Crippen LogP contribution in [0.15, 0.2) is 70.9 Å². The van der Waals surface area contributed by atoms with E-state index >= 15 is 0 Å². The van der Waals surface area contributed by atoms with Gasteiger partial charge < -0.3 is 11.1 Å². The lowest BCUT2D eigenvalue weighted by Crippen LogP contribution is -2.04. The van der Waals surface area contributed by atoms with Gasteiger partial charge in [0.2, 0.25) is 0 Å². The summed E-state index contributed by atoms with van der Waals surface area (Å²) in [5.41, 5.74) is 9.72. The van der Waals surface area contributed by atoms with Crippen LogP contribution in [-0.4, -0.2) is 5.91 Å². The molecule has 1 heterocycles. The molecule has 2 aromatic rings. The highest BCUT2D eigenvalue weighted by molar-refractivity contribution is 5.88. The van der Waals surface area contributed by atoms with Crippen molar-refractivity contribution in [3.63, 3.8) is 0 Å². The molecule has 5 heteroatoms. The summed E-state index contributed by atoms with van der Waals surface area (Å²) in [7, 11) is 0. The Bertz CT molecular complexity index is 722. The normalized spacial score (nSPS) is 16.7. The number of carbonyl (C=O) groups excluding carboxylic acids is 1. The Labute approximate surface area is 128 Å². The van der Waals surface area contributed by atoms with Gasteiger partial charge in [0.05, 0.1) is 11.4 Å². The number of rotatable bonds is 4. The monoisotopic (exact) mass is 292 g/mol. The zero-order valence-corrected chi connectivity index (χ0v) is 11.9. The molecule has 0 fully saturated rings. The number of amides is 1. The van der Waals surface area contributed by atoms with Gasteiger partial charge in [-0.15, -0.1) is 5.11 Å². The lowest BCUT2D eigenvalue weighted by atomic mass is 10.0. The number of carbonyl (C=O) groups is 1. The lowest BCUT2D eigenvalue weighted by Gasteiger charge is -2.14. The SMILES string of the molecule is Nc1cc(C2C=CC(=O)N=N2)ccc1NCc1ccccc1. The third-order valence-corrected chi connectivity index (χ3v) is 3.44. The number of hydrogen-bond acceptors (Lipinski definition) is 4. The molecular formula is C17H16N4O. The summed E-state index contributed by atoms with van der Waals surface area (Å²) in [5, 5.41) is 10.8. The molecule has 1 aliphatic rings. The highest BCUT2D eigenvalue weighted by Gasteiger charge is 2.13. The molecule has 0 saturated carbocycles. The van der Waals surface area contributed by atoms with Crippen molar-refractivity contribution in [2.24, 2.45) is 10.2 Å². The Kier molecular flexibility index (Phi) is 3.96. The molecule has 3 N–H and O–H groups in total. The second-order valence-corrected chi connectivity index (χ2v) is 5.04. The van der Waals surface area contributed by atoms with Gasteiger partial charge in [0.25, 0.3) is 5.91 Å². The highest BCUT2D eigenvalue weighted by Crippen LogP contribution is 2.28. The summed E-state index contributed by atoms with van der Waals surface area (Å²) >= 11 is 0. The third kappa shape index (κ3) is 3.20. The fourth-order valence-corrected chi connectivity index (χ4v) is 2.26. The van der Waals surface area contributed by atoms with Crippen LogP contribution >= 0.6 is 0 Å². The van der Waals surface area contributed by atoms with E-state index in [0.717, 1.165) is 11.3 Å². The number of azo groups is 1. The van der Waals surface area contributed by atoms with Crippen LogP contribution in [0.2, 0.25) is 0 Å². The zero-order chi connectivity index (χ0) is 15.4. The van der Waals surface area contributed by atoms with Crippen molar-refractivity contribution in [3.05, 3.63) is 71.8 Å². The Hall–Kier alpha value is -2.95. The standard InChI is InChI=1S/C17H16N4O/c18-14-10-13(15-8-9-17(22)21-20-15)6-7-16(14)19-11-12-4-2-1-3-5-12/h1-10,15,19H,11,18H2. The van der Waals surface area contributed by atoms with Crippen molar-refractivity contribution >= 4 is 17.3 Å². The number of anilines is 2. The van der Waals surface area contributed by atoms with Gasteiger partial charge in [0, 0.05) is 12.6 Å². The van der Waals surface area contributed by atoms with Gasteiger partial charge in [-0.2, -0.15) is 5.11 Å². The highest BCUT2D eigenvalue weighted by atomic mass is 16.1. The number of hydrogen-bond donors (Lipinski definition) is 2. The molecule has 1 unspecified atom stereocenters. The van der Waals surface area contributed by atoms with E-state index < -0.39 is 0 Å². The summed E-state index contributed by atoms with van der Waals surface area (Å²) in [6.07, 6.45) is 3.15. The van der Waals surface area contributed by atoms with Crippen molar-refractivity contribution in [3.8, 4) is 0 Å². The fraction of sp³-hybridized carbons (Fsp3) is 0.118. The minimum Gasteiger partial charge on any atom is -0.397 e. The molecule has 0 bridgehead atoms. The van der Waals surface area contributed by atoms with E-state index in [1.54, 1.807) is 6.08 Å². The molecule has 0 saturated heterocycles. The van der Waals surface area contributed by atoms with Crippen molar-refractivity contribution in [2.75, 3.05) is 11.1 Å². The topological polar surface area (TPSA) is 79.8 Å². The number of nitrogens with one attached hydrogen (secondary N) is 1. The zero-order valence-electron chi connectivity index (χ0n) is 11.9. The van der Waals surface area contributed by atoms with Crippen molar-refractivity contribution in [2.45, 2.75) is 12.6 Å². The summed E-state index contributed by atoms with van der Waals surface area (Å²) in [6, 6.07) is 15.6. The van der Waals surface area contributed by atoms with Crippen LogP contribution in [0.5, 0.6) is 0 Å². The Morgan fingerprint density at radius 1 is 1.14 bits per heavy atom. The molecule has 1 atom stereocenters. The van der Waals surface area contributed by atoms with Gasteiger partial charge in [-0.25, -0.2) is 0 Å². The lowest BCUT2D eigenvalue weighted by molar-refractivity contribution is -0.114. The summed E-state index contributed by atoms with van der Waals surface area (Å²) in [4.78, 5) is 11.0. The van der Waals surface area contributed by atoms with Crippen LogP contribution in [0, 0.1) is 0 Å². The summed E-state index contributed by atoms with van der Waals surface area (Å²) in [6.45, 7) is 0.710. The van der Waals surface area contributed by atoms with Crippen LogP contribution in [-0.2, 0) is 11.3 Å². The maximum Gasteiger partial charge on any atom is 0.287 e. The minimum absolute atomic E-state index is 0.247. The predicted molar refractivity (Wildman–Crippen MR) is 86.4 cm³/mol. The van der Waals surface area contributed by atoms with Crippen LogP contribution < -0.4 is 11.1 Å². The van der Waals surface area contributed by atoms with E-state index in [9.17, 15) is 4.79 Å². The first kappa shape index (κ1) is 14.0. The summed E-state index contributed by atoms with van der Waals surface area (Å²) < 4.78 is 0.